The minimum Gasteiger partial charge on any atom is -0.489 e. The number of aromatic nitrogens is 2. The van der Waals surface area contributed by atoms with E-state index in [-0.39, 0.29) is 47.0 Å². The summed E-state index contributed by atoms with van der Waals surface area (Å²) >= 11 is 0. The van der Waals surface area contributed by atoms with E-state index in [1.807, 2.05) is 29.2 Å². The van der Waals surface area contributed by atoms with Gasteiger partial charge >= 0.3 is 0 Å². The summed E-state index contributed by atoms with van der Waals surface area (Å²) in [5.74, 6) is 0.145. The number of hydrogen-bond donors (Lipinski definition) is 3. The van der Waals surface area contributed by atoms with Crippen LogP contribution in [0, 0.1) is 21.4 Å². The van der Waals surface area contributed by atoms with E-state index in [2.05, 4.69) is 62.9 Å². The van der Waals surface area contributed by atoms with Crippen LogP contribution in [0.5, 0.6) is 11.6 Å². The number of aromatic amines is 1. The molecule has 2 aromatic heterocycles. The number of nitro groups is 1. The number of hydrogen-bond acceptors (Lipinski definition) is 14. The van der Waals surface area contributed by atoms with Crippen LogP contribution >= 0.6 is 0 Å². The van der Waals surface area contributed by atoms with Gasteiger partial charge in [0.2, 0.25) is 5.88 Å². The number of ether oxygens (including phenoxy) is 4. The average molecular weight is 945 g/mol. The number of anilines is 4. The fraction of sp³-hybridized carbons (Fsp3) is 0.480. The molecule has 1 saturated carbocycles. The predicted octanol–water partition coefficient (Wildman–Crippen LogP) is 7.42. The number of nitrogens with zero attached hydrogens (tertiary/aromatic N) is 5. The number of rotatable bonds is 10. The molecule has 3 aromatic carbocycles. The van der Waals surface area contributed by atoms with Gasteiger partial charge < -0.3 is 39.0 Å². The second kappa shape index (κ2) is 16.6. The molecule has 12 rings (SSSR count). The van der Waals surface area contributed by atoms with Crippen molar-refractivity contribution in [3.63, 3.8) is 0 Å². The number of nitro benzene ring substituents is 1. The molecule has 7 aliphatic rings. The highest BCUT2D eigenvalue weighted by Gasteiger charge is 2.55. The van der Waals surface area contributed by atoms with Gasteiger partial charge in [-0.2, -0.15) is 4.98 Å². The van der Waals surface area contributed by atoms with E-state index >= 15 is 0 Å². The number of H-pyrrole nitrogens is 1. The first-order valence-corrected chi connectivity index (χ1v) is 25.5. The van der Waals surface area contributed by atoms with E-state index in [0.29, 0.717) is 67.3 Å². The van der Waals surface area contributed by atoms with Gasteiger partial charge in [-0.15, -0.1) is 0 Å². The molecule has 1 spiro atoms. The van der Waals surface area contributed by atoms with Gasteiger partial charge in [0.25, 0.3) is 21.6 Å². The summed E-state index contributed by atoms with van der Waals surface area (Å²) in [4.78, 5) is 41.1. The van der Waals surface area contributed by atoms with Gasteiger partial charge in [0.05, 0.1) is 46.4 Å². The van der Waals surface area contributed by atoms with Crippen molar-refractivity contribution in [2.75, 3.05) is 67.8 Å². The molecule has 68 heavy (non-hydrogen) atoms. The number of carbonyl (C=O) groups is 1. The van der Waals surface area contributed by atoms with Crippen LogP contribution in [-0.2, 0) is 19.5 Å². The number of likely N-dealkylation sites (tertiary alicyclic amines) is 1. The summed E-state index contributed by atoms with van der Waals surface area (Å²) in [6, 6.07) is 21.0. The number of benzene rings is 3. The number of sulfonamides is 1. The summed E-state index contributed by atoms with van der Waals surface area (Å²) in [6.07, 6.45) is 7.58. The smallest absolute Gasteiger partial charge is 0.297 e. The molecule has 4 atom stereocenters. The summed E-state index contributed by atoms with van der Waals surface area (Å²) in [7, 11) is -4.68. The van der Waals surface area contributed by atoms with E-state index in [4.69, 9.17) is 23.9 Å². The third kappa shape index (κ3) is 7.41. The first kappa shape index (κ1) is 43.3. The molecule has 5 fully saturated rings. The summed E-state index contributed by atoms with van der Waals surface area (Å²) < 4.78 is 54.7. The molecule has 17 nitrogen and oxygen atoms in total. The van der Waals surface area contributed by atoms with Crippen LogP contribution in [0.2, 0.25) is 0 Å². The summed E-state index contributed by atoms with van der Waals surface area (Å²) in [6.45, 7) is 9.40. The molecule has 0 unspecified atom stereocenters. The third-order valence-corrected chi connectivity index (χ3v) is 17.0. The van der Waals surface area contributed by atoms with Crippen LogP contribution in [0.15, 0.2) is 77.8 Å². The zero-order chi connectivity index (χ0) is 46.5. The Balaban J connectivity index is 0.842. The Hall–Kier alpha value is -5.95. The molecular formula is C50H56N8O9S. The Kier molecular flexibility index (Phi) is 10.6. The van der Waals surface area contributed by atoms with Crippen LogP contribution in [0.4, 0.5) is 28.4 Å². The minimum absolute atomic E-state index is 0.0305. The van der Waals surface area contributed by atoms with Crippen molar-refractivity contribution in [2.45, 2.75) is 93.5 Å². The molecule has 0 radical (unpaired) electrons. The van der Waals surface area contributed by atoms with Gasteiger partial charge in [0.1, 0.15) is 24.0 Å². The highest BCUT2D eigenvalue weighted by molar-refractivity contribution is 7.90. The van der Waals surface area contributed by atoms with E-state index in [1.54, 1.807) is 12.3 Å². The number of amides is 1. The minimum atomic E-state index is -4.68. The van der Waals surface area contributed by atoms with Crippen LogP contribution in [0.25, 0.3) is 11.0 Å². The molecule has 1 aliphatic carbocycles. The van der Waals surface area contributed by atoms with E-state index in [9.17, 15) is 23.3 Å². The van der Waals surface area contributed by atoms with Gasteiger partial charge in [-0.3, -0.25) is 19.8 Å². The zero-order valence-corrected chi connectivity index (χ0v) is 39.0. The highest BCUT2D eigenvalue weighted by Crippen LogP contribution is 2.55. The quantitative estimate of drug-likeness (QED) is 0.0925. The topological polar surface area (TPSA) is 194 Å². The lowest BCUT2D eigenvalue weighted by Crippen LogP contribution is -2.66. The standard InChI is InChI=1S/C50H56N8O9S/c1-29(2)35-6-3-4-7-36(35)39-8-5-15-56(39)33-22-50(23-33)27-55(28-50)32-9-10-37(40(19-32)57-42-18-31-11-14-51-47(31)53-49(42)67-45-26-65-25-43(45)57)48(59)54-68(62,63)34-20-41(58(60)61)46-44(21-34)66-24-38(52-46)30-12-16-64-17-13-30/h3-4,6-7,9-11,14,18-21,29-30,33,38-39,43,45,52H,5,8,12-13,15-17,22-28H2,1-2H3,(H,51,53)(H,54,59)/t38-,39-,43+,45+/m0/s1. The van der Waals surface area contributed by atoms with Crippen molar-refractivity contribution < 1.29 is 37.1 Å². The predicted molar refractivity (Wildman–Crippen MR) is 255 cm³/mol. The molecule has 0 bridgehead atoms. The van der Waals surface area contributed by atoms with Crippen LogP contribution < -0.4 is 29.3 Å². The van der Waals surface area contributed by atoms with Crippen molar-refractivity contribution in [1.29, 1.82) is 0 Å². The molecular weight excluding hydrogens is 889 g/mol. The Morgan fingerprint density at radius 3 is 2.60 bits per heavy atom. The zero-order valence-electron chi connectivity index (χ0n) is 38.2. The fourth-order valence-electron chi connectivity index (χ4n) is 12.3. The van der Waals surface area contributed by atoms with Crippen molar-refractivity contribution in [2.24, 2.45) is 11.3 Å². The molecule has 5 aromatic rings. The van der Waals surface area contributed by atoms with Crippen molar-refractivity contribution in [3.05, 3.63) is 99.7 Å². The maximum Gasteiger partial charge on any atom is 0.297 e. The summed E-state index contributed by atoms with van der Waals surface area (Å²) in [5, 5.41) is 16.6. The maximum atomic E-state index is 14.7. The second-order valence-electron chi connectivity index (χ2n) is 20.2. The Morgan fingerprint density at radius 1 is 0.971 bits per heavy atom. The largest absolute Gasteiger partial charge is 0.489 e. The van der Waals surface area contributed by atoms with Gasteiger partial charge in [0, 0.05) is 73.2 Å². The molecule has 8 heterocycles. The van der Waals surface area contributed by atoms with Gasteiger partial charge in [-0.05, 0) is 98.4 Å². The number of fused-ring (bicyclic) bond motifs is 4. The van der Waals surface area contributed by atoms with E-state index in [0.717, 1.165) is 62.5 Å². The van der Waals surface area contributed by atoms with E-state index < -0.39 is 37.5 Å². The second-order valence-corrected chi connectivity index (χ2v) is 21.9. The van der Waals surface area contributed by atoms with Crippen molar-refractivity contribution in [3.8, 4) is 11.6 Å². The fourth-order valence-corrected chi connectivity index (χ4v) is 13.3. The van der Waals surface area contributed by atoms with Crippen LogP contribution in [0.1, 0.15) is 85.8 Å². The molecule has 4 saturated heterocycles. The number of pyridine rings is 1. The lowest BCUT2D eigenvalue weighted by molar-refractivity contribution is -0.384. The molecule has 18 heteroatoms. The first-order chi connectivity index (χ1) is 32.9. The first-order valence-electron chi connectivity index (χ1n) is 24.0. The SMILES string of the molecule is CC(C)c1ccccc1[C@@H]1CCCN1C1CC2(C1)CN(c1ccc(C(=O)NS(=O)(=O)c3cc4c(c([N+](=O)[O-])c3)N[C@H](C3CCOCC3)CO4)c(N3c4cc5cc[nH]c5nc4O[C@@H]4COC[C@H]43)c1)C2. The third-order valence-electron chi connectivity index (χ3n) is 15.7. The van der Waals surface area contributed by atoms with Gasteiger partial charge in [-0.1, -0.05) is 38.1 Å². The lowest BCUT2D eigenvalue weighted by atomic mass is 9.60. The molecule has 6 aliphatic heterocycles. The monoisotopic (exact) mass is 944 g/mol. The Labute approximate surface area is 394 Å². The highest BCUT2D eigenvalue weighted by atomic mass is 32.2. The maximum absolute atomic E-state index is 14.7. The number of nitrogens with one attached hydrogen (secondary N) is 3. The van der Waals surface area contributed by atoms with Crippen molar-refractivity contribution >= 4 is 55.4 Å². The molecule has 356 valence electrons. The number of carbonyl (C=O) groups excluding carboxylic acids is 1. The van der Waals surface area contributed by atoms with Crippen molar-refractivity contribution in [1.82, 2.24) is 19.6 Å². The normalized spacial score (nSPS) is 24.6. The summed E-state index contributed by atoms with van der Waals surface area (Å²) in [5.41, 5.74) is 5.50. The lowest BCUT2D eigenvalue weighted by Gasteiger charge is -2.62. The Morgan fingerprint density at radius 2 is 1.79 bits per heavy atom. The van der Waals surface area contributed by atoms with Crippen LogP contribution in [0.3, 0.4) is 0 Å². The van der Waals surface area contributed by atoms with Crippen LogP contribution in [-0.4, -0.2) is 111 Å². The van der Waals surface area contributed by atoms with E-state index in [1.165, 1.54) is 30.0 Å². The average Bonchev–Trinajstić information content (AvgIpc) is 4.11. The van der Waals surface area contributed by atoms with Gasteiger partial charge in [-0.25, -0.2) is 13.1 Å². The molecule has 1 amide bonds. The molecule has 3 N–H and O–H groups in total. The van der Waals surface area contributed by atoms with Gasteiger partial charge in [0.15, 0.2) is 11.4 Å². The Bertz CT molecular complexity index is 2920.